The van der Waals surface area contributed by atoms with Crippen LogP contribution < -0.4 is 20.1 Å². The van der Waals surface area contributed by atoms with Crippen molar-refractivity contribution in [1.29, 1.82) is 0 Å². The van der Waals surface area contributed by atoms with Gasteiger partial charge in [-0.25, -0.2) is 9.59 Å². The number of carbonyl (C=O) groups is 2. The zero-order valence-electron chi connectivity index (χ0n) is 11.2. The molecule has 0 saturated carbocycles. The monoisotopic (exact) mass is 296 g/mol. The topological polar surface area (TPSA) is 117 Å². The molecule has 0 radical (unpaired) electrons. The molecule has 1 aromatic carbocycles. The first-order valence-corrected chi connectivity index (χ1v) is 6.37. The van der Waals surface area contributed by atoms with Crippen LogP contribution in [0.4, 0.5) is 4.79 Å². The van der Waals surface area contributed by atoms with Gasteiger partial charge in [0.1, 0.15) is 0 Å². The third-order valence-corrected chi connectivity index (χ3v) is 2.88. The van der Waals surface area contributed by atoms with E-state index in [2.05, 4.69) is 10.6 Å². The van der Waals surface area contributed by atoms with Gasteiger partial charge in [0, 0.05) is 19.5 Å². The van der Waals surface area contributed by atoms with E-state index in [1.54, 1.807) is 12.1 Å². The Morgan fingerprint density at radius 1 is 1.24 bits per heavy atom. The summed E-state index contributed by atoms with van der Waals surface area (Å²) < 4.78 is 10.4. The molecule has 114 valence electrons. The van der Waals surface area contributed by atoms with Gasteiger partial charge in [-0.1, -0.05) is 6.07 Å². The molecule has 1 atom stereocenters. The Morgan fingerprint density at radius 2 is 2.00 bits per heavy atom. The summed E-state index contributed by atoms with van der Waals surface area (Å²) in [6.45, 7) is 0.559. The van der Waals surface area contributed by atoms with Crippen LogP contribution in [0.5, 0.6) is 11.5 Å². The van der Waals surface area contributed by atoms with Crippen LogP contribution in [0.3, 0.4) is 0 Å². The first kappa shape index (κ1) is 14.9. The van der Waals surface area contributed by atoms with Crippen molar-refractivity contribution in [2.45, 2.75) is 19.1 Å². The van der Waals surface area contributed by atoms with Gasteiger partial charge in [-0.2, -0.15) is 0 Å². The van der Waals surface area contributed by atoms with Gasteiger partial charge in [-0.15, -0.1) is 0 Å². The van der Waals surface area contributed by atoms with Crippen molar-refractivity contribution >= 4 is 12.0 Å². The molecule has 0 unspecified atom stereocenters. The molecule has 0 spiro atoms. The molecular weight excluding hydrogens is 280 g/mol. The van der Waals surface area contributed by atoms with Crippen LogP contribution in [0.2, 0.25) is 0 Å². The Bertz CT molecular complexity index is 533. The Balaban J connectivity index is 1.70. The van der Waals surface area contributed by atoms with E-state index in [1.165, 1.54) is 0 Å². The molecule has 8 nitrogen and oxygen atoms in total. The minimum atomic E-state index is -1.47. The molecule has 0 bridgehead atoms. The molecule has 0 fully saturated rings. The number of aliphatic carboxylic acids is 1. The highest BCUT2D eigenvalue weighted by Gasteiger charge is 2.14. The van der Waals surface area contributed by atoms with E-state index >= 15 is 0 Å². The number of aliphatic hydroxyl groups excluding tert-OH is 1. The fourth-order valence-corrected chi connectivity index (χ4v) is 1.74. The van der Waals surface area contributed by atoms with E-state index in [9.17, 15) is 9.59 Å². The lowest BCUT2D eigenvalue weighted by atomic mass is 10.2. The number of amides is 2. The average molecular weight is 296 g/mol. The number of rotatable bonds is 6. The van der Waals surface area contributed by atoms with E-state index in [0.29, 0.717) is 18.0 Å². The lowest BCUT2D eigenvalue weighted by Crippen LogP contribution is -2.37. The maximum Gasteiger partial charge on any atom is 0.332 e. The molecule has 4 N–H and O–H groups in total. The van der Waals surface area contributed by atoms with Gasteiger partial charge in [0.2, 0.25) is 6.79 Å². The Labute approximate surface area is 120 Å². The first-order valence-electron chi connectivity index (χ1n) is 6.37. The van der Waals surface area contributed by atoms with E-state index in [0.717, 1.165) is 5.56 Å². The molecule has 0 aliphatic carbocycles. The number of carboxylic acids is 1. The molecule has 1 aliphatic rings. The van der Waals surface area contributed by atoms with Gasteiger partial charge >= 0.3 is 12.0 Å². The second kappa shape index (κ2) is 6.80. The summed E-state index contributed by atoms with van der Waals surface area (Å²) >= 11 is 0. The minimum Gasteiger partial charge on any atom is -0.479 e. The van der Waals surface area contributed by atoms with E-state index < -0.39 is 18.1 Å². The van der Waals surface area contributed by atoms with Gasteiger partial charge in [-0.3, -0.25) is 0 Å². The molecular formula is C13H16N2O6. The van der Waals surface area contributed by atoms with Gasteiger partial charge in [0.15, 0.2) is 17.6 Å². The SMILES string of the molecule is O=C(NCC[C@H](O)C(=O)O)NCc1ccc2c(c1)OCO2. The minimum absolute atomic E-state index is 0.0488. The lowest BCUT2D eigenvalue weighted by molar-refractivity contribution is -0.146. The summed E-state index contributed by atoms with van der Waals surface area (Å²) in [5.74, 6) is 0.00252. The van der Waals surface area contributed by atoms with Gasteiger partial charge in [-0.05, 0) is 17.7 Å². The number of hydrogen-bond donors (Lipinski definition) is 4. The van der Waals surface area contributed by atoms with Crippen LogP contribution in [-0.4, -0.2) is 41.7 Å². The lowest BCUT2D eigenvalue weighted by Gasteiger charge is -2.09. The molecule has 1 aromatic rings. The number of hydrogen-bond acceptors (Lipinski definition) is 5. The highest BCUT2D eigenvalue weighted by Crippen LogP contribution is 2.32. The fraction of sp³-hybridized carbons (Fsp3) is 0.385. The zero-order chi connectivity index (χ0) is 15.2. The summed E-state index contributed by atoms with van der Waals surface area (Å²) in [5, 5.41) is 22.6. The molecule has 1 aliphatic heterocycles. The second-order valence-electron chi connectivity index (χ2n) is 4.44. The number of carboxylic acid groups (broad SMARTS) is 1. The summed E-state index contributed by atoms with van der Waals surface area (Å²) in [7, 11) is 0. The molecule has 1 heterocycles. The summed E-state index contributed by atoms with van der Waals surface area (Å²) in [5.41, 5.74) is 0.847. The maximum absolute atomic E-state index is 11.5. The fourth-order valence-electron chi connectivity index (χ4n) is 1.74. The third-order valence-electron chi connectivity index (χ3n) is 2.88. The second-order valence-corrected chi connectivity index (χ2v) is 4.44. The average Bonchev–Trinajstić information content (AvgIpc) is 2.92. The van der Waals surface area contributed by atoms with Crippen molar-refractivity contribution < 1.29 is 29.3 Å². The van der Waals surface area contributed by atoms with Crippen molar-refractivity contribution in [2.75, 3.05) is 13.3 Å². The summed E-state index contributed by atoms with van der Waals surface area (Å²) in [6.07, 6.45) is -1.52. The maximum atomic E-state index is 11.5. The van der Waals surface area contributed by atoms with Crippen molar-refractivity contribution in [3.8, 4) is 11.5 Å². The number of urea groups is 1. The molecule has 21 heavy (non-hydrogen) atoms. The van der Waals surface area contributed by atoms with Crippen LogP contribution in [-0.2, 0) is 11.3 Å². The normalized spacial score (nSPS) is 13.6. The Morgan fingerprint density at radius 3 is 2.76 bits per heavy atom. The number of nitrogens with one attached hydrogen (secondary N) is 2. The van der Waals surface area contributed by atoms with E-state index in [1.807, 2.05) is 6.07 Å². The van der Waals surface area contributed by atoms with Gasteiger partial charge < -0.3 is 30.3 Å². The van der Waals surface area contributed by atoms with Crippen LogP contribution in [0.15, 0.2) is 18.2 Å². The van der Waals surface area contributed by atoms with Crippen molar-refractivity contribution in [3.05, 3.63) is 23.8 Å². The predicted octanol–water partition coefficient (Wildman–Crippen LogP) is 0.0501. The molecule has 2 amide bonds. The highest BCUT2D eigenvalue weighted by molar-refractivity contribution is 5.74. The number of benzene rings is 1. The summed E-state index contributed by atoms with van der Waals surface area (Å²) in [6, 6.07) is 4.91. The molecule has 8 heteroatoms. The van der Waals surface area contributed by atoms with Gasteiger partial charge in [0.05, 0.1) is 0 Å². The van der Waals surface area contributed by atoms with Crippen LogP contribution in [0.1, 0.15) is 12.0 Å². The smallest absolute Gasteiger partial charge is 0.332 e. The number of carbonyl (C=O) groups excluding carboxylic acids is 1. The van der Waals surface area contributed by atoms with Crippen LogP contribution >= 0.6 is 0 Å². The number of fused-ring (bicyclic) bond motifs is 1. The zero-order valence-corrected chi connectivity index (χ0v) is 11.2. The third kappa shape index (κ3) is 4.25. The van der Waals surface area contributed by atoms with Crippen molar-refractivity contribution in [3.63, 3.8) is 0 Å². The number of aliphatic hydroxyl groups is 1. The largest absolute Gasteiger partial charge is 0.479 e. The standard InChI is InChI=1S/C13H16N2O6/c16-9(12(17)18)3-4-14-13(19)15-6-8-1-2-10-11(5-8)21-7-20-10/h1-2,5,9,16H,3-4,6-7H2,(H,17,18)(H2,14,15,19)/t9-/m0/s1. The van der Waals surface area contributed by atoms with Crippen molar-refractivity contribution in [1.82, 2.24) is 10.6 Å². The predicted molar refractivity (Wildman–Crippen MR) is 71.1 cm³/mol. The van der Waals surface area contributed by atoms with Crippen LogP contribution in [0.25, 0.3) is 0 Å². The summed E-state index contributed by atoms with van der Waals surface area (Å²) in [4.78, 5) is 21.9. The van der Waals surface area contributed by atoms with E-state index in [-0.39, 0.29) is 19.8 Å². The quantitative estimate of drug-likeness (QED) is 0.589. The van der Waals surface area contributed by atoms with Gasteiger partial charge in [0.25, 0.3) is 0 Å². The molecule has 2 rings (SSSR count). The van der Waals surface area contributed by atoms with Crippen molar-refractivity contribution in [2.24, 2.45) is 0 Å². The molecule has 0 saturated heterocycles. The van der Waals surface area contributed by atoms with E-state index in [4.69, 9.17) is 19.7 Å². The Hall–Kier alpha value is -2.48. The van der Waals surface area contributed by atoms with Crippen LogP contribution in [0, 0.1) is 0 Å². The Kier molecular flexibility index (Phi) is 4.83. The molecule has 0 aromatic heterocycles. The number of ether oxygens (including phenoxy) is 2. The highest BCUT2D eigenvalue weighted by atomic mass is 16.7. The first-order chi connectivity index (χ1) is 10.1.